The Labute approximate surface area is 120 Å². The Morgan fingerprint density at radius 3 is 2.80 bits per heavy atom. The van der Waals surface area contributed by atoms with Crippen LogP contribution in [0.15, 0.2) is 35.4 Å². The number of aryl methyl sites for hydroxylation is 1. The van der Waals surface area contributed by atoms with Gasteiger partial charge in [0.2, 0.25) is 10.0 Å². The van der Waals surface area contributed by atoms with Gasteiger partial charge >= 0.3 is 5.97 Å². The van der Waals surface area contributed by atoms with Crippen LogP contribution in [-0.4, -0.2) is 24.5 Å². The molecule has 0 aliphatic heterocycles. The zero-order valence-corrected chi connectivity index (χ0v) is 12.2. The summed E-state index contributed by atoms with van der Waals surface area (Å²) in [6.45, 7) is 1.96. The fraction of sp³-hybridized carbons (Fsp3) is 0.167. The lowest BCUT2D eigenvalue weighted by atomic mass is 10.2. The molecule has 0 fully saturated rings. The molecule has 0 aliphatic rings. The lowest BCUT2D eigenvalue weighted by Gasteiger charge is -2.05. The number of hydrogen-bond acceptors (Lipinski definition) is 5. The first-order valence-electron chi connectivity index (χ1n) is 5.63. The van der Waals surface area contributed by atoms with E-state index in [-0.39, 0.29) is 17.0 Å². The monoisotopic (exact) mass is 312 g/mol. The van der Waals surface area contributed by atoms with E-state index >= 15 is 0 Å². The quantitative estimate of drug-likeness (QED) is 0.874. The summed E-state index contributed by atoms with van der Waals surface area (Å²) in [5, 5.41) is 9.52. The Kier molecular flexibility index (Phi) is 4.17. The third kappa shape index (κ3) is 3.41. The number of nitrogens with zero attached hydrogens (tertiary/aromatic N) is 1. The molecule has 0 spiro atoms. The largest absolute Gasteiger partial charge is 0.478 e. The molecule has 0 amide bonds. The first kappa shape index (κ1) is 14.6. The van der Waals surface area contributed by atoms with Crippen LogP contribution in [0.3, 0.4) is 0 Å². The predicted octanol–water partition coefficient (Wildman–Crippen LogP) is 1.63. The van der Waals surface area contributed by atoms with Gasteiger partial charge in [-0.1, -0.05) is 6.07 Å². The number of carbonyl (C=O) groups is 1. The van der Waals surface area contributed by atoms with Crippen molar-refractivity contribution in [1.29, 1.82) is 0 Å². The minimum absolute atomic E-state index is 0.0713. The third-order valence-corrected chi connectivity index (χ3v) is 4.79. The second-order valence-corrected chi connectivity index (χ2v) is 7.11. The molecule has 0 radical (unpaired) electrons. The number of nitrogens with one attached hydrogen (secondary N) is 1. The van der Waals surface area contributed by atoms with Crippen molar-refractivity contribution in [3.8, 4) is 0 Å². The van der Waals surface area contributed by atoms with E-state index in [2.05, 4.69) is 9.71 Å². The molecule has 0 saturated heterocycles. The Balaban J connectivity index is 2.17. The highest BCUT2D eigenvalue weighted by atomic mass is 32.2. The highest BCUT2D eigenvalue weighted by Gasteiger charge is 2.16. The van der Waals surface area contributed by atoms with Crippen LogP contribution in [0.1, 0.15) is 20.2 Å². The molecule has 20 heavy (non-hydrogen) atoms. The first-order chi connectivity index (χ1) is 9.38. The number of aromatic nitrogens is 1. The minimum Gasteiger partial charge on any atom is -0.478 e. The van der Waals surface area contributed by atoms with E-state index in [0.717, 1.165) is 10.9 Å². The first-order valence-corrected chi connectivity index (χ1v) is 7.93. The molecule has 2 aromatic rings. The maximum atomic E-state index is 12.1. The van der Waals surface area contributed by atoms with E-state index in [9.17, 15) is 13.2 Å². The summed E-state index contributed by atoms with van der Waals surface area (Å²) in [5.74, 6) is -1.17. The van der Waals surface area contributed by atoms with E-state index in [1.807, 2.05) is 6.92 Å². The van der Waals surface area contributed by atoms with Gasteiger partial charge in [0.05, 0.1) is 17.0 Å². The molecule has 8 heteroatoms. The average molecular weight is 312 g/mol. The second kappa shape index (κ2) is 5.70. The Morgan fingerprint density at radius 1 is 1.45 bits per heavy atom. The maximum absolute atomic E-state index is 12.1. The van der Waals surface area contributed by atoms with E-state index in [1.54, 1.807) is 6.20 Å². The van der Waals surface area contributed by atoms with Crippen molar-refractivity contribution in [2.75, 3.05) is 0 Å². The molecule has 2 N–H and O–H groups in total. The van der Waals surface area contributed by atoms with Gasteiger partial charge in [-0.25, -0.2) is 22.9 Å². The van der Waals surface area contributed by atoms with Crippen molar-refractivity contribution < 1.29 is 18.3 Å². The molecule has 2 rings (SSSR count). The van der Waals surface area contributed by atoms with Crippen LogP contribution in [0.5, 0.6) is 0 Å². The van der Waals surface area contributed by atoms with Crippen LogP contribution in [0.4, 0.5) is 0 Å². The highest BCUT2D eigenvalue weighted by Crippen LogP contribution is 2.14. The summed E-state index contributed by atoms with van der Waals surface area (Å²) < 4.78 is 26.5. The van der Waals surface area contributed by atoms with E-state index < -0.39 is 16.0 Å². The fourth-order valence-electron chi connectivity index (χ4n) is 1.52. The van der Waals surface area contributed by atoms with Gasteiger partial charge in [-0.15, -0.1) is 11.3 Å². The van der Waals surface area contributed by atoms with Crippen LogP contribution < -0.4 is 4.72 Å². The van der Waals surface area contributed by atoms with Gasteiger partial charge in [0.25, 0.3) is 0 Å². The molecular weight excluding hydrogens is 300 g/mol. The molecule has 0 saturated carbocycles. The summed E-state index contributed by atoms with van der Waals surface area (Å²) in [4.78, 5) is 15.8. The second-order valence-electron chi connectivity index (χ2n) is 4.02. The fourth-order valence-corrected chi connectivity index (χ4v) is 3.37. The predicted molar refractivity (Wildman–Crippen MR) is 74.3 cm³/mol. The van der Waals surface area contributed by atoms with Gasteiger partial charge in [0, 0.05) is 11.1 Å². The smallest absolute Gasteiger partial charge is 0.335 e. The average Bonchev–Trinajstić information content (AvgIpc) is 2.82. The summed E-state index contributed by atoms with van der Waals surface area (Å²) in [5.41, 5.74) is -0.0713. The van der Waals surface area contributed by atoms with Crippen LogP contribution >= 0.6 is 11.3 Å². The number of carboxylic acids is 1. The number of thiazole rings is 1. The third-order valence-electron chi connectivity index (χ3n) is 2.47. The van der Waals surface area contributed by atoms with Gasteiger partial charge in [0.1, 0.15) is 5.01 Å². The lowest BCUT2D eigenvalue weighted by molar-refractivity contribution is 0.0696. The standard InChI is InChI=1S/C12H12N2O4S2/c1-8-6-13-11(19-8)7-14-20(17,18)10-4-2-3-9(5-10)12(15)16/h2-6,14H,7H2,1H3,(H,15,16). The lowest BCUT2D eigenvalue weighted by Crippen LogP contribution is -2.23. The summed E-state index contributed by atoms with van der Waals surface area (Å²) in [6, 6.07) is 5.21. The number of carboxylic acid groups (broad SMARTS) is 1. The SMILES string of the molecule is Cc1cnc(CNS(=O)(=O)c2cccc(C(=O)O)c2)s1. The number of rotatable bonds is 5. The molecule has 1 heterocycles. The highest BCUT2D eigenvalue weighted by molar-refractivity contribution is 7.89. The Bertz CT molecular complexity index is 737. The molecule has 1 aromatic carbocycles. The number of hydrogen-bond donors (Lipinski definition) is 2. The topological polar surface area (TPSA) is 96.4 Å². The maximum Gasteiger partial charge on any atom is 0.335 e. The normalized spacial score (nSPS) is 11.4. The minimum atomic E-state index is -3.75. The van der Waals surface area contributed by atoms with E-state index in [0.29, 0.717) is 5.01 Å². The van der Waals surface area contributed by atoms with Crippen LogP contribution in [0.25, 0.3) is 0 Å². The molecular formula is C12H12N2O4S2. The van der Waals surface area contributed by atoms with Crippen molar-refractivity contribution in [2.24, 2.45) is 0 Å². The summed E-state index contributed by atoms with van der Waals surface area (Å²) in [6.07, 6.45) is 1.67. The summed E-state index contributed by atoms with van der Waals surface area (Å²) in [7, 11) is -3.75. The van der Waals surface area contributed by atoms with Gasteiger partial charge < -0.3 is 5.11 Å². The van der Waals surface area contributed by atoms with E-state index in [4.69, 9.17) is 5.11 Å². The number of benzene rings is 1. The molecule has 0 unspecified atom stereocenters. The van der Waals surface area contributed by atoms with E-state index in [1.165, 1.54) is 29.5 Å². The summed E-state index contributed by atoms with van der Waals surface area (Å²) >= 11 is 1.40. The van der Waals surface area contributed by atoms with Crippen molar-refractivity contribution in [3.05, 3.63) is 45.9 Å². The Hall–Kier alpha value is -1.77. The molecule has 0 bridgehead atoms. The molecule has 0 atom stereocenters. The van der Waals surface area contributed by atoms with Crippen LogP contribution in [0, 0.1) is 6.92 Å². The van der Waals surface area contributed by atoms with Crippen molar-refractivity contribution >= 4 is 27.3 Å². The zero-order valence-electron chi connectivity index (χ0n) is 10.5. The van der Waals surface area contributed by atoms with Crippen molar-refractivity contribution in [3.63, 3.8) is 0 Å². The molecule has 106 valence electrons. The number of aromatic carboxylic acids is 1. The van der Waals surface area contributed by atoms with Gasteiger partial charge in [-0.05, 0) is 25.1 Å². The van der Waals surface area contributed by atoms with Crippen molar-refractivity contribution in [1.82, 2.24) is 9.71 Å². The molecule has 1 aromatic heterocycles. The molecule has 0 aliphatic carbocycles. The van der Waals surface area contributed by atoms with Gasteiger partial charge in [-0.3, -0.25) is 0 Å². The Morgan fingerprint density at radius 2 is 2.20 bits per heavy atom. The van der Waals surface area contributed by atoms with Crippen molar-refractivity contribution in [2.45, 2.75) is 18.4 Å². The zero-order chi connectivity index (χ0) is 14.8. The van der Waals surface area contributed by atoms with Gasteiger partial charge in [0.15, 0.2) is 0 Å². The van der Waals surface area contributed by atoms with Crippen LogP contribution in [0.2, 0.25) is 0 Å². The molecule has 6 nitrogen and oxygen atoms in total. The van der Waals surface area contributed by atoms with Crippen LogP contribution in [-0.2, 0) is 16.6 Å². The van der Waals surface area contributed by atoms with Gasteiger partial charge in [-0.2, -0.15) is 0 Å². The number of sulfonamides is 1.